The van der Waals surface area contributed by atoms with E-state index in [2.05, 4.69) is 23.8 Å². The third-order valence-electron chi connectivity index (χ3n) is 6.59. The number of allylic oxidation sites excluding steroid dienone is 2. The van der Waals surface area contributed by atoms with Crippen molar-refractivity contribution >= 4 is 17.8 Å². The summed E-state index contributed by atoms with van der Waals surface area (Å²) in [7, 11) is 0. The minimum absolute atomic E-state index is 0.0262. The van der Waals surface area contributed by atoms with Crippen molar-refractivity contribution in [3.8, 4) is 0 Å². The van der Waals surface area contributed by atoms with E-state index >= 15 is 0 Å². The third kappa shape index (κ3) is 13.4. The summed E-state index contributed by atoms with van der Waals surface area (Å²) in [5.74, 6) is -1.88. The number of benzene rings is 2. The molecular formula is C33H44N2O6. The molecule has 0 saturated heterocycles. The maximum Gasteiger partial charge on any atom is 0.309 e. The van der Waals surface area contributed by atoms with Crippen molar-refractivity contribution < 1.29 is 29.0 Å². The van der Waals surface area contributed by atoms with E-state index in [4.69, 9.17) is 14.6 Å². The van der Waals surface area contributed by atoms with Crippen molar-refractivity contribution in [3.05, 3.63) is 97.1 Å². The van der Waals surface area contributed by atoms with E-state index in [9.17, 15) is 14.4 Å². The standard InChI is InChI=1S/C33H44N2O6/c1-3-5-8-18-29(23-26-14-9-6-10-15-26)33(39)41-25-30(27-16-11-7-12-17-27)35-32(38)28(13-4-2)24-31(37)34-19-21-40-22-20-36/h3-4,6-7,9-12,14-17,28-30,36H,1-2,5,8,13,18-25H2,(H,34,37)(H,35,38)/t28-,29-,30+/m1/s1. The number of nitrogens with one attached hydrogen (secondary N) is 2. The Hall–Kier alpha value is -3.75. The molecular weight excluding hydrogens is 520 g/mol. The number of carbonyl (C=O) groups excluding carboxylic acids is 3. The highest BCUT2D eigenvalue weighted by Crippen LogP contribution is 2.21. The second-order valence-corrected chi connectivity index (χ2v) is 9.82. The van der Waals surface area contributed by atoms with Crippen LogP contribution >= 0.6 is 0 Å². The summed E-state index contributed by atoms with van der Waals surface area (Å²) in [6, 6.07) is 18.6. The van der Waals surface area contributed by atoms with Gasteiger partial charge in [0.15, 0.2) is 0 Å². The minimum atomic E-state index is -0.641. The van der Waals surface area contributed by atoms with Gasteiger partial charge in [0.2, 0.25) is 11.8 Å². The first-order chi connectivity index (χ1) is 20.0. The molecule has 8 heteroatoms. The van der Waals surface area contributed by atoms with Crippen molar-refractivity contribution in [3.63, 3.8) is 0 Å². The maximum absolute atomic E-state index is 13.3. The molecule has 2 aromatic rings. The monoisotopic (exact) mass is 564 g/mol. The summed E-state index contributed by atoms with van der Waals surface area (Å²) in [6.07, 6.45) is 6.62. The number of amides is 2. The van der Waals surface area contributed by atoms with Gasteiger partial charge >= 0.3 is 5.97 Å². The number of unbranched alkanes of at least 4 members (excludes halogenated alkanes) is 1. The molecule has 0 heterocycles. The molecule has 3 N–H and O–H groups in total. The fourth-order valence-electron chi connectivity index (χ4n) is 4.40. The molecule has 0 aliphatic heterocycles. The number of hydrogen-bond donors (Lipinski definition) is 3. The van der Waals surface area contributed by atoms with Crippen LogP contribution < -0.4 is 10.6 Å². The second kappa shape index (κ2) is 20.2. The zero-order valence-electron chi connectivity index (χ0n) is 23.8. The van der Waals surface area contributed by atoms with E-state index in [-0.39, 0.29) is 63.1 Å². The Kier molecular flexibility index (Phi) is 16.5. The Labute approximate surface area is 243 Å². The van der Waals surface area contributed by atoms with Crippen LogP contribution in [0.1, 0.15) is 49.3 Å². The van der Waals surface area contributed by atoms with Crippen LogP contribution in [0, 0.1) is 11.8 Å². The van der Waals surface area contributed by atoms with Crippen LogP contribution in [0.3, 0.4) is 0 Å². The van der Waals surface area contributed by atoms with Gasteiger partial charge in [0.1, 0.15) is 6.61 Å². The minimum Gasteiger partial charge on any atom is -0.463 e. The first-order valence-electron chi connectivity index (χ1n) is 14.2. The number of hydrogen-bond acceptors (Lipinski definition) is 6. The molecule has 0 radical (unpaired) electrons. The molecule has 0 spiro atoms. The zero-order valence-corrected chi connectivity index (χ0v) is 23.8. The van der Waals surface area contributed by atoms with Gasteiger partial charge < -0.3 is 25.2 Å². The SMILES string of the molecule is C=CCCC[C@H](Cc1ccccc1)C(=O)OC[C@H](NC(=O)[C@H](CC=C)CC(=O)NCCOCCO)c1ccccc1. The first kappa shape index (κ1) is 33.5. The summed E-state index contributed by atoms with van der Waals surface area (Å²) in [6.45, 7) is 8.14. The summed E-state index contributed by atoms with van der Waals surface area (Å²) >= 11 is 0. The Bertz CT molecular complexity index is 1060. The van der Waals surface area contributed by atoms with Gasteiger partial charge in [-0.1, -0.05) is 72.8 Å². The van der Waals surface area contributed by atoms with Crippen LogP contribution in [0.2, 0.25) is 0 Å². The lowest BCUT2D eigenvalue weighted by atomic mass is 9.94. The molecule has 8 nitrogen and oxygen atoms in total. The van der Waals surface area contributed by atoms with Crippen molar-refractivity contribution in [2.75, 3.05) is 33.0 Å². The van der Waals surface area contributed by atoms with Crippen molar-refractivity contribution in [1.29, 1.82) is 0 Å². The predicted octanol–water partition coefficient (Wildman–Crippen LogP) is 4.31. The topological polar surface area (TPSA) is 114 Å². The van der Waals surface area contributed by atoms with Crippen molar-refractivity contribution in [2.24, 2.45) is 11.8 Å². The number of rotatable bonds is 21. The van der Waals surface area contributed by atoms with Crippen LogP contribution in [-0.4, -0.2) is 55.9 Å². The third-order valence-corrected chi connectivity index (χ3v) is 6.59. The van der Waals surface area contributed by atoms with Gasteiger partial charge in [-0.05, 0) is 43.2 Å². The van der Waals surface area contributed by atoms with Crippen molar-refractivity contribution in [2.45, 2.75) is 44.6 Å². The van der Waals surface area contributed by atoms with Crippen LogP contribution in [0.15, 0.2) is 86.0 Å². The van der Waals surface area contributed by atoms with Crippen molar-refractivity contribution in [1.82, 2.24) is 10.6 Å². The maximum atomic E-state index is 13.3. The number of ether oxygens (including phenoxy) is 2. The fraction of sp³-hybridized carbons (Fsp3) is 0.424. The van der Waals surface area contributed by atoms with Gasteiger partial charge in [0.25, 0.3) is 0 Å². The molecule has 2 amide bonds. The highest BCUT2D eigenvalue weighted by Gasteiger charge is 2.26. The van der Waals surface area contributed by atoms with Gasteiger partial charge in [-0.2, -0.15) is 0 Å². The van der Waals surface area contributed by atoms with Gasteiger partial charge in [-0.25, -0.2) is 0 Å². The lowest BCUT2D eigenvalue weighted by Crippen LogP contribution is -2.39. The fourth-order valence-corrected chi connectivity index (χ4v) is 4.40. The molecule has 3 atom stereocenters. The largest absolute Gasteiger partial charge is 0.463 e. The van der Waals surface area contributed by atoms with Crippen LogP contribution in [0.25, 0.3) is 0 Å². The van der Waals surface area contributed by atoms with E-state index in [1.54, 1.807) is 6.08 Å². The summed E-state index contributed by atoms with van der Waals surface area (Å²) < 4.78 is 11.0. The number of aliphatic hydroxyl groups is 1. The zero-order chi connectivity index (χ0) is 29.7. The molecule has 0 unspecified atom stereocenters. The quantitative estimate of drug-likeness (QED) is 0.118. The van der Waals surface area contributed by atoms with E-state index in [1.807, 2.05) is 66.7 Å². The van der Waals surface area contributed by atoms with E-state index in [1.165, 1.54) is 0 Å². The molecule has 0 aliphatic rings. The summed E-state index contributed by atoms with van der Waals surface area (Å²) in [4.78, 5) is 39.0. The van der Waals surface area contributed by atoms with Gasteiger partial charge in [-0.3, -0.25) is 14.4 Å². The molecule has 2 rings (SSSR count). The molecule has 0 bridgehead atoms. The lowest BCUT2D eigenvalue weighted by molar-refractivity contribution is -0.150. The van der Waals surface area contributed by atoms with E-state index in [0.717, 1.165) is 24.0 Å². The van der Waals surface area contributed by atoms with Crippen LogP contribution in [-0.2, 0) is 30.3 Å². The van der Waals surface area contributed by atoms with E-state index < -0.39 is 12.0 Å². The molecule has 0 saturated carbocycles. The Morgan fingerprint density at radius 2 is 1.63 bits per heavy atom. The summed E-state index contributed by atoms with van der Waals surface area (Å²) in [5.41, 5.74) is 1.86. The van der Waals surface area contributed by atoms with Crippen LogP contribution in [0.5, 0.6) is 0 Å². The summed E-state index contributed by atoms with van der Waals surface area (Å²) in [5, 5.41) is 14.5. The highest BCUT2D eigenvalue weighted by molar-refractivity contribution is 5.86. The smallest absolute Gasteiger partial charge is 0.309 e. The average Bonchev–Trinajstić information content (AvgIpc) is 2.99. The number of carbonyl (C=O) groups is 3. The molecule has 0 aromatic heterocycles. The number of esters is 1. The Morgan fingerprint density at radius 3 is 2.29 bits per heavy atom. The highest BCUT2D eigenvalue weighted by atomic mass is 16.5. The second-order valence-electron chi connectivity index (χ2n) is 9.82. The predicted molar refractivity (Wildman–Crippen MR) is 160 cm³/mol. The van der Waals surface area contributed by atoms with E-state index in [0.29, 0.717) is 19.3 Å². The molecule has 41 heavy (non-hydrogen) atoms. The molecule has 2 aromatic carbocycles. The molecule has 0 aliphatic carbocycles. The normalized spacial score (nSPS) is 12.9. The number of aliphatic hydroxyl groups excluding tert-OH is 1. The van der Waals surface area contributed by atoms with Crippen LogP contribution in [0.4, 0.5) is 0 Å². The molecule has 0 fully saturated rings. The first-order valence-corrected chi connectivity index (χ1v) is 14.2. The van der Waals surface area contributed by atoms with Gasteiger partial charge in [0.05, 0.1) is 37.7 Å². The van der Waals surface area contributed by atoms with Gasteiger partial charge in [-0.15, -0.1) is 13.2 Å². The average molecular weight is 565 g/mol. The Morgan fingerprint density at radius 1 is 0.927 bits per heavy atom. The lowest BCUT2D eigenvalue weighted by Gasteiger charge is -2.24. The van der Waals surface area contributed by atoms with Gasteiger partial charge in [0, 0.05) is 13.0 Å². The molecule has 222 valence electrons. The Balaban J connectivity index is 2.06.